The summed E-state index contributed by atoms with van der Waals surface area (Å²) in [5, 5.41) is 2.71. The molecule has 0 spiro atoms. The molecule has 0 aromatic carbocycles. The molecular weight excluding hydrogens is 244 g/mol. The molecule has 2 aliphatic rings. The molecule has 3 amide bonds. The minimum atomic E-state index is -0.165. The van der Waals surface area contributed by atoms with Crippen LogP contribution in [0.15, 0.2) is 12.2 Å². The highest BCUT2D eigenvalue weighted by molar-refractivity contribution is 6.05. The maximum atomic E-state index is 12.1. The van der Waals surface area contributed by atoms with Crippen molar-refractivity contribution >= 4 is 17.7 Å². The molecule has 5 nitrogen and oxygen atoms in total. The summed E-state index contributed by atoms with van der Waals surface area (Å²) in [5.74, 6) is -0.477. The van der Waals surface area contributed by atoms with E-state index in [0.717, 1.165) is 0 Å². The zero-order chi connectivity index (χ0) is 13.8. The lowest BCUT2D eigenvalue weighted by molar-refractivity contribution is -0.140. The number of rotatable bonds is 5. The fourth-order valence-corrected chi connectivity index (χ4v) is 2.77. The van der Waals surface area contributed by atoms with Crippen molar-refractivity contribution in [2.75, 3.05) is 13.1 Å². The standard InChI is InChI=1S/C14H20N2O3/c1-2-15-12(17)8-5-9-16-13(18)10-6-3-4-7-11(10)14(16)19/h3-4,10-11H,2,5-9H2,1H3,(H,15,17)/t10-,11-/m0/s1. The van der Waals surface area contributed by atoms with E-state index in [9.17, 15) is 14.4 Å². The van der Waals surface area contributed by atoms with Gasteiger partial charge < -0.3 is 5.32 Å². The van der Waals surface area contributed by atoms with Crippen LogP contribution < -0.4 is 5.32 Å². The molecule has 2 rings (SSSR count). The number of carbonyl (C=O) groups is 3. The van der Waals surface area contributed by atoms with Crippen LogP contribution in [0.1, 0.15) is 32.6 Å². The number of nitrogens with zero attached hydrogens (tertiary/aromatic N) is 1. The largest absolute Gasteiger partial charge is 0.356 e. The highest BCUT2D eigenvalue weighted by Gasteiger charge is 2.46. The van der Waals surface area contributed by atoms with E-state index in [1.807, 2.05) is 19.1 Å². The van der Waals surface area contributed by atoms with Gasteiger partial charge >= 0.3 is 0 Å². The van der Waals surface area contributed by atoms with Gasteiger partial charge in [0.15, 0.2) is 0 Å². The Morgan fingerprint density at radius 3 is 2.37 bits per heavy atom. The quantitative estimate of drug-likeness (QED) is 0.591. The van der Waals surface area contributed by atoms with Gasteiger partial charge in [0, 0.05) is 19.5 Å². The Morgan fingerprint density at radius 2 is 1.84 bits per heavy atom. The van der Waals surface area contributed by atoms with Crippen LogP contribution in [0, 0.1) is 11.8 Å². The van der Waals surface area contributed by atoms with E-state index in [1.165, 1.54) is 4.90 Å². The highest BCUT2D eigenvalue weighted by Crippen LogP contribution is 2.34. The second-order valence-corrected chi connectivity index (χ2v) is 5.04. The second kappa shape index (κ2) is 5.99. The predicted octanol–water partition coefficient (Wildman–Crippen LogP) is 0.854. The molecule has 2 atom stereocenters. The maximum absolute atomic E-state index is 12.1. The first kappa shape index (κ1) is 13.8. The van der Waals surface area contributed by atoms with Gasteiger partial charge in [0.2, 0.25) is 17.7 Å². The van der Waals surface area contributed by atoms with Gasteiger partial charge in [-0.1, -0.05) is 12.2 Å². The first-order chi connectivity index (χ1) is 9.15. The van der Waals surface area contributed by atoms with Gasteiger partial charge in [-0.05, 0) is 26.2 Å². The average molecular weight is 264 g/mol. The number of hydrogen-bond donors (Lipinski definition) is 1. The first-order valence-corrected chi connectivity index (χ1v) is 6.92. The van der Waals surface area contributed by atoms with Crippen molar-refractivity contribution in [1.82, 2.24) is 10.2 Å². The molecule has 1 aliphatic heterocycles. The average Bonchev–Trinajstić information content (AvgIpc) is 2.65. The van der Waals surface area contributed by atoms with Gasteiger partial charge in [-0.2, -0.15) is 0 Å². The zero-order valence-electron chi connectivity index (χ0n) is 11.2. The van der Waals surface area contributed by atoms with Crippen LogP contribution in [0.2, 0.25) is 0 Å². The third-order valence-corrected chi connectivity index (χ3v) is 3.76. The number of likely N-dealkylation sites (tertiary alicyclic amines) is 1. The maximum Gasteiger partial charge on any atom is 0.233 e. The molecule has 1 heterocycles. The summed E-state index contributed by atoms with van der Waals surface area (Å²) in [4.78, 5) is 36.9. The SMILES string of the molecule is CCNC(=O)CCCN1C(=O)[C@H]2CC=CC[C@@H]2C1=O. The summed E-state index contributed by atoms with van der Waals surface area (Å²) >= 11 is 0. The van der Waals surface area contributed by atoms with Crippen molar-refractivity contribution < 1.29 is 14.4 Å². The van der Waals surface area contributed by atoms with Gasteiger partial charge in [-0.3, -0.25) is 19.3 Å². The highest BCUT2D eigenvalue weighted by atomic mass is 16.2. The zero-order valence-corrected chi connectivity index (χ0v) is 11.2. The molecule has 0 unspecified atom stereocenters. The van der Waals surface area contributed by atoms with Crippen molar-refractivity contribution in [2.45, 2.75) is 32.6 Å². The number of nitrogens with one attached hydrogen (secondary N) is 1. The monoisotopic (exact) mass is 264 g/mol. The third kappa shape index (κ3) is 2.85. The van der Waals surface area contributed by atoms with Crippen molar-refractivity contribution in [2.24, 2.45) is 11.8 Å². The molecule has 1 aliphatic carbocycles. The molecule has 1 N–H and O–H groups in total. The Balaban J connectivity index is 1.86. The molecule has 1 fully saturated rings. The van der Waals surface area contributed by atoms with Crippen LogP contribution in [0.25, 0.3) is 0 Å². The van der Waals surface area contributed by atoms with Crippen molar-refractivity contribution in [3.63, 3.8) is 0 Å². The summed E-state index contributed by atoms with van der Waals surface area (Å²) in [6.45, 7) is 2.83. The van der Waals surface area contributed by atoms with Gasteiger partial charge in [0.1, 0.15) is 0 Å². The molecule has 0 aromatic heterocycles. The second-order valence-electron chi connectivity index (χ2n) is 5.04. The van der Waals surface area contributed by atoms with Crippen molar-refractivity contribution in [3.8, 4) is 0 Å². The van der Waals surface area contributed by atoms with Gasteiger partial charge in [-0.15, -0.1) is 0 Å². The lowest BCUT2D eigenvalue weighted by Crippen LogP contribution is -2.33. The Bertz CT molecular complexity index is 391. The molecule has 104 valence electrons. The van der Waals surface area contributed by atoms with Gasteiger partial charge in [0.05, 0.1) is 11.8 Å². The number of carbonyl (C=O) groups excluding carboxylic acids is 3. The van der Waals surface area contributed by atoms with E-state index in [2.05, 4.69) is 5.32 Å². The lowest BCUT2D eigenvalue weighted by atomic mass is 9.85. The van der Waals surface area contributed by atoms with E-state index in [1.54, 1.807) is 0 Å². The minimum Gasteiger partial charge on any atom is -0.356 e. The van der Waals surface area contributed by atoms with Gasteiger partial charge in [0.25, 0.3) is 0 Å². The van der Waals surface area contributed by atoms with Crippen LogP contribution in [-0.2, 0) is 14.4 Å². The number of amides is 3. The molecule has 1 saturated heterocycles. The molecule has 0 saturated carbocycles. The molecule has 0 bridgehead atoms. The lowest BCUT2D eigenvalue weighted by Gasteiger charge is -2.14. The Labute approximate surface area is 113 Å². The van der Waals surface area contributed by atoms with Crippen LogP contribution in [0.3, 0.4) is 0 Å². The molecule has 5 heteroatoms. The van der Waals surface area contributed by atoms with Crippen LogP contribution in [0.5, 0.6) is 0 Å². The van der Waals surface area contributed by atoms with Crippen LogP contribution >= 0.6 is 0 Å². The molecule has 0 aromatic rings. The summed E-state index contributed by atoms with van der Waals surface area (Å²) in [6, 6.07) is 0. The summed E-state index contributed by atoms with van der Waals surface area (Å²) in [7, 11) is 0. The van der Waals surface area contributed by atoms with E-state index >= 15 is 0 Å². The number of imide groups is 1. The summed E-state index contributed by atoms with van der Waals surface area (Å²) < 4.78 is 0. The van der Waals surface area contributed by atoms with Crippen molar-refractivity contribution in [3.05, 3.63) is 12.2 Å². The smallest absolute Gasteiger partial charge is 0.233 e. The molecule has 0 radical (unpaired) electrons. The molecule has 19 heavy (non-hydrogen) atoms. The topological polar surface area (TPSA) is 66.5 Å². The van der Waals surface area contributed by atoms with E-state index in [4.69, 9.17) is 0 Å². The fraction of sp³-hybridized carbons (Fsp3) is 0.643. The number of hydrogen-bond acceptors (Lipinski definition) is 3. The third-order valence-electron chi connectivity index (χ3n) is 3.76. The first-order valence-electron chi connectivity index (χ1n) is 6.92. The van der Waals surface area contributed by atoms with E-state index < -0.39 is 0 Å². The minimum absolute atomic E-state index is 0.0272. The van der Waals surface area contributed by atoms with Crippen LogP contribution in [-0.4, -0.2) is 35.7 Å². The van der Waals surface area contributed by atoms with Crippen LogP contribution in [0.4, 0.5) is 0 Å². The van der Waals surface area contributed by atoms with E-state index in [-0.39, 0.29) is 29.6 Å². The predicted molar refractivity (Wildman–Crippen MR) is 70.0 cm³/mol. The summed E-state index contributed by atoms with van der Waals surface area (Å²) in [5.41, 5.74) is 0. The van der Waals surface area contributed by atoms with Gasteiger partial charge in [-0.25, -0.2) is 0 Å². The number of allylic oxidation sites excluding steroid dienone is 2. The Hall–Kier alpha value is -1.65. The normalized spacial score (nSPS) is 25.6. The molecular formula is C14H20N2O3. The Kier molecular flexibility index (Phi) is 4.35. The summed E-state index contributed by atoms with van der Waals surface area (Å²) in [6.07, 6.45) is 6.19. The fourth-order valence-electron chi connectivity index (χ4n) is 2.77. The Morgan fingerprint density at radius 1 is 1.26 bits per heavy atom. The number of fused-ring (bicyclic) bond motifs is 1. The van der Waals surface area contributed by atoms with Crippen molar-refractivity contribution in [1.29, 1.82) is 0 Å². The van der Waals surface area contributed by atoms with E-state index in [0.29, 0.717) is 38.8 Å².